The molecule has 1 aromatic carbocycles. The number of hydrogen-bond acceptors (Lipinski definition) is 10. The van der Waals surface area contributed by atoms with E-state index < -0.39 is 114 Å². The van der Waals surface area contributed by atoms with E-state index in [2.05, 4.69) is 15.2 Å². The number of rotatable bonds is 12. The van der Waals surface area contributed by atoms with Crippen LogP contribution in [0.1, 0.15) is 77.8 Å². The molecule has 3 aromatic rings. The summed E-state index contributed by atoms with van der Waals surface area (Å²) in [6.45, 7) is -19.5. The van der Waals surface area contributed by atoms with Crippen molar-refractivity contribution in [2.24, 2.45) is 6.98 Å². The molecule has 208 valence electrons. The molecule has 2 aromatic heterocycles. The number of aromatic nitrogens is 4. The lowest BCUT2D eigenvalue weighted by molar-refractivity contribution is -0.121. The monoisotopic (exact) mass is 558 g/mol. The molecule has 0 atom stereocenters. The number of carbonyl (C=O) groups is 3. The van der Waals surface area contributed by atoms with Gasteiger partial charge in [0, 0.05) is 50.3 Å². The first kappa shape index (κ1) is 15.2. The van der Waals surface area contributed by atoms with E-state index in [1.54, 1.807) is 5.32 Å². The van der Waals surface area contributed by atoms with Crippen molar-refractivity contribution in [3.05, 3.63) is 69.3 Å². The van der Waals surface area contributed by atoms with Gasteiger partial charge in [-0.1, -0.05) is 12.1 Å². The maximum Gasteiger partial charge on any atom is 0.309 e. The van der Waals surface area contributed by atoms with Crippen molar-refractivity contribution in [1.82, 2.24) is 30.4 Å². The first-order valence-electron chi connectivity index (χ1n) is 17.6. The molecule has 0 radical (unpaired) electrons. The van der Waals surface area contributed by atoms with Crippen LogP contribution >= 0.6 is 0 Å². The highest BCUT2D eigenvalue weighted by atomic mass is 19.1. The van der Waals surface area contributed by atoms with Gasteiger partial charge in [0.25, 0.3) is 11.5 Å². The van der Waals surface area contributed by atoms with Gasteiger partial charge in [-0.2, -0.15) is 0 Å². The zero-order chi connectivity index (χ0) is 40.5. The third kappa shape index (κ3) is 7.31. The van der Waals surface area contributed by atoms with E-state index in [1.807, 2.05) is 0 Å². The van der Waals surface area contributed by atoms with Crippen LogP contribution in [0.3, 0.4) is 0 Å². The lowest BCUT2D eigenvalue weighted by Crippen LogP contribution is -2.46. The maximum absolute atomic E-state index is 14.0. The Hall–Kier alpha value is -4.46. The lowest BCUT2D eigenvalue weighted by Gasteiger charge is -2.27. The van der Waals surface area contributed by atoms with Gasteiger partial charge in [-0.3, -0.25) is 23.7 Å². The largest absolute Gasteiger partial charge is 0.478 e. The molecule has 0 aliphatic carbocycles. The van der Waals surface area contributed by atoms with Crippen LogP contribution in [-0.2, 0) is 28.5 Å². The smallest absolute Gasteiger partial charge is 0.309 e. The fourth-order valence-corrected chi connectivity index (χ4v) is 2.80. The van der Waals surface area contributed by atoms with Crippen molar-refractivity contribution in [2.75, 3.05) is 20.3 Å². The van der Waals surface area contributed by atoms with Crippen molar-refractivity contribution >= 4 is 17.6 Å². The maximum atomic E-state index is 14.0. The van der Waals surface area contributed by atoms with Gasteiger partial charge in [0.05, 0.1) is 14.9 Å². The number of Topliss-reactive ketones (excluding diaryl/α,β-unsaturated/α-hetero) is 1. The highest BCUT2D eigenvalue weighted by Gasteiger charge is 2.33. The van der Waals surface area contributed by atoms with Gasteiger partial charge >= 0.3 is 11.8 Å². The van der Waals surface area contributed by atoms with E-state index in [1.165, 1.54) is 12.4 Å². The molecule has 0 saturated heterocycles. The van der Waals surface area contributed by atoms with E-state index in [4.69, 9.17) is 33.1 Å². The molecule has 0 fully saturated rings. The summed E-state index contributed by atoms with van der Waals surface area (Å²) in [6.07, 6.45) is -0.337. The van der Waals surface area contributed by atoms with E-state index >= 15 is 0 Å². The van der Waals surface area contributed by atoms with Crippen molar-refractivity contribution in [1.29, 1.82) is 0 Å². The summed E-state index contributed by atoms with van der Waals surface area (Å²) in [5, 5.41) is 9.59. The highest BCUT2D eigenvalue weighted by Crippen LogP contribution is 2.21. The number of halogens is 1. The van der Waals surface area contributed by atoms with Crippen LogP contribution in [0.25, 0.3) is 0 Å². The minimum Gasteiger partial charge on any atom is -0.478 e. The molecule has 0 spiro atoms. The summed E-state index contributed by atoms with van der Waals surface area (Å²) >= 11 is 0. The Morgan fingerprint density at radius 2 is 1.97 bits per heavy atom. The Kier molecular flexibility index (Phi) is 4.83. The minimum atomic E-state index is -4.15. The fraction of sp³-hybridized carbons (Fsp3) is 0.400. The van der Waals surface area contributed by atoms with Crippen LogP contribution in [0.15, 0.2) is 33.5 Å². The number of amides is 2. The van der Waals surface area contributed by atoms with Gasteiger partial charge in [-0.25, -0.2) is 9.37 Å². The third-order valence-corrected chi connectivity index (χ3v) is 4.64. The predicted molar refractivity (Wildman–Crippen MR) is 134 cm³/mol. The Morgan fingerprint density at radius 1 is 1.21 bits per heavy atom. The summed E-state index contributed by atoms with van der Waals surface area (Å²) < 4.78 is 140. The number of ether oxygens (including phenoxy) is 2. The number of ketones is 1. The Balaban J connectivity index is 2.44. The second-order valence-electron chi connectivity index (χ2n) is 7.53. The molecule has 0 saturated carbocycles. The third-order valence-electron chi connectivity index (χ3n) is 4.64. The number of nitrogens with one attached hydrogen (secondary N) is 2. The van der Waals surface area contributed by atoms with Crippen LogP contribution in [0.2, 0.25) is 0 Å². The number of methoxy groups -OCH3 is 1. The van der Waals surface area contributed by atoms with Gasteiger partial charge < -0.3 is 24.5 Å². The van der Waals surface area contributed by atoms with Crippen LogP contribution in [0.4, 0.5) is 4.39 Å². The lowest BCUT2D eigenvalue weighted by atomic mass is 10.0. The van der Waals surface area contributed by atoms with Gasteiger partial charge in [-0.15, -0.1) is 10.2 Å². The zero-order valence-electron chi connectivity index (χ0n) is 34.0. The molecular formula is C25H29FN6O7. The molecule has 0 unspecified atom stereocenters. The summed E-state index contributed by atoms with van der Waals surface area (Å²) in [5.41, 5.74) is -7.98. The number of aryl methyl sites for hydroxylation is 1. The Labute approximate surface area is 242 Å². The number of benzene rings is 1. The molecule has 2 amide bonds. The average Bonchev–Trinajstić information content (AvgIpc) is 3.51. The standard InChI is InChI=1S/C25H29FN6O7/c1-14-30-31-22(39-14)21(35)29-25(2,3)24-28-18(20(34)27-12-15-6-8-16(26)9-7-15)19(23(36)32(24)4)38-13-17(33)10-11-37-5/h6-9H,10-13H2,1-5H3,(H,27,34)(H,29,35)/i1D3,2D3,3D3,4D3,12D2. The van der Waals surface area contributed by atoms with Crippen molar-refractivity contribution < 1.29 is 51.9 Å². The second-order valence-corrected chi connectivity index (χ2v) is 7.53. The molecule has 14 heteroatoms. The topological polar surface area (TPSA) is 168 Å². The first-order chi connectivity index (χ1) is 24.1. The number of nitrogens with zero attached hydrogens (tertiary/aromatic N) is 4. The Morgan fingerprint density at radius 3 is 2.62 bits per heavy atom. The molecule has 3 rings (SSSR count). The summed E-state index contributed by atoms with van der Waals surface area (Å²) in [4.78, 5) is 57.2. The summed E-state index contributed by atoms with van der Waals surface area (Å²) in [7, 11) is 1.25. The molecular weight excluding hydrogens is 515 g/mol. The van der Waals surface area contributed by atoms with Crippen LogP contribution in [0.5, 0.6) is 5.75 Å². The van der Waals surface area contributed by atoms with Gasteiger partial charge in [0.2, 0.25) is 11.6 Å². The number of carbonyl (C=O) groups excluding carboxylic acids is 3. The fourth-order valence-electron chi connectivity index (χ4n) is 2.80. The van der Waals surface area contributed by atoms with E-state index in [0.29, 0.717) is 0 Å². The first-order valence-corrected chi connectivity index (χ1v) is 10.6. The van der Waals surface area contributed by atoms with Crippen molar-refractivity contribution in [3.63, 3.8) is 0 Å². The SMILES string of the molecule is [2H]C([2H])([2H])c1nnc(C(=O)NC(c2nc(C(=O)NC([2H])([2H])c3ccc(F)cc3)c(OCC(=O)CCOC)c(=O)n2C([2H])([2H])[2H])(C([2H])([2H])[2H])C([2H])([2H])[2H])o1. The second kappa shape index (κ2) is 12.4. The molecule has 2 heterocycles. The number of hydrogen-bond donors (Lipinski definition) is 2. The van der Waals surface area contributed by atoms with E-state index in [-0.39, 0.29) is 13.0 Å². The molecule has 0 aliphatic rings. The van der Waals surface area contributed by atoms with E-state index in [0.717, 1.165) is 24.3 Å². The Bertz CT molecular complexity index is 1890. The molecule has 39 heavy (non-hydrogen) atoms. The van der Waals surface area contributed by atoms with E-state index in [9.17, 15) is 23.6 Å². The van der Waals surface area contributed by atoms with Gasteiger partial charge in [-0.05, 0) is 31.4 Å². The molecule has 13 nitrogen and oxygen atoms in total. The van der Waals surface area contributed by atoms with Gasteiger partial charge in [0.1, 0.15) is 18.2 Å². The highest BCUT2D eigenvalue weighted by molar-refractivity contribution is 5.95. The minimum absolute atomic E-state index is 0.155. The van der Waals surface area contributed by atoms with Crippen LogP contribution in [-0.4, -0.2) is 57.7 Å². The summed E-state index contributed by atoms with van der Waals surface area (Å²) in [5.74, 6) is -11.1. The quantitative estimate of drug-likeness (QED) is 0.329. The zero-order valence-corrected chi connectivity index (χ0v) is 20.0. The predicted octanol–water partition coefficient (Wildman–Crippen LogP) is 1.19. The molecule has 0 bridgehead atoms. The van der Waals surface area contributed by atoms with Crippen molar-refractivity contribution in [2.45, 2.75) is 39.0 Å². The van der Waals surface area contributed by atoms with Crippen molar-refractivity contribution in [3.8, 4) is 5.75 Å². The van der Waals surface area contributed by atoms with Gasteiger partial charge in [0.15, 0.2) is 11.5 Å². The summed E-state index contributed by atoms with van der Waals surface area (Å²) in [6, 6.07) is 3.46. The molecule has 2 N–H and O–H groups in total. The van der Waals surface area contributed by atoms with Crippen LogP contribution in [0, 0.1) is 12.7 Å². The average molecular weight is 559 g/mol. The normalized spacial score (nSPS) is 18.2. The van der Waals surface area contributed by atoms with Crippen LogP contribution < -0.4 is 20.9 Å². The molecule has 0 aliphatic heterocycles.